The minimum Gasteiger partial charge on any atom is -0.395 e. The number of hydrogen-bond acceptors (Lipinski definition) is 2. The molecule has 1 saturated carbocycles. The zero-order chi connectivity index (χ0) is 14.6. The van der Waals surface area contributed by atoms with Crippen molar-refractivity contribution in [1.82, 2.24) is 10.2 Å². The number of aliphatic hydroxyl groups is 1. The maximum absolute atomic E-state index is 13.1. The molecule has 0 bridgehead atoms. The van der Waals surface area contributed by atoms with Crippen LogP contribution in [0.15, 0.2) is 24.3 Å². The molecule has 1 aromatic rings. The second-order valence-electron chi connectivity index (χ2n) is 5.37. The van der Waals surface area contributed by atoms with Crippen molar-refractivity contribution >= 4 is 6.03 Å². The van der Waals surface area contributed by atoms with Crippen LogP contribution in [0.3, 0.4) is 0 Å². The van der Waals surface area contributed by atoms with Crippen molar-refractivity contribution in [3.05, 3.63) is 35.6 Å². The molecule has 2 rings (SSSR count). The van der Waals surface area contributed by atoms with Gasteiger partial charge in [0, 0.05) is 13.6 Å². The Labute approximate surface area is 118 Å². The quantitative estimate of drug-likeness (QED) is 0.888. The minimum absolute atomic E-state index is 0.0620. The summed E-state index contributed by atoms with van der Waals surface area (Å²) in [6.45, 7) is 0.235. The molecular weight excluding hydrogens is 259 g/mol. The van der Waals surface area contributed by atoms with Gasteiger partial charge in [0.05, 0.1) is 12.1 Å². The summed E-state index contributed by atoms with van der Waals surface area (Å²) in [4.78, 5) is 13.6. The Morgan fingerprint density at radius 3 is 2.50 bits per heavy atom. The highest BCUT2D eigenvalue weighted by atomic mass is 19.1. The van der Waals surface area contributed by atoms with E-state index in [1.54, 1.807) is 19.2 Å². The Balaban J connectivity index is 2.18. The fourth-order valence-corrected chi connectivity index (χ4v) is 2.78. The van der Waals surface area contributed by atoms with Crippen LogP contribution in [-0.2, 0) is 5.54 Å². The molecule has 1 fully saturated rings. The molecule has 0 saturated heterocycles. The van der Waals surface area contributed by atoms with Crippen LogP contribution in [0.25, 0.3) is 0 Å². The molecule has 0 aromatic heterocycles. The van der Waals surface area contributed by atoms with E-state index in [0.717, 1.165) is 31.2 Å². The Morgan fingerprint density at radius 2 is 1.95 bits per heavy atom. The molecule has 1 aromatic carbocycles. The largest absolute Gasteiger partial charge is 0.395 e. The number of halogens is 1. The summed E-state index contributed by atoms with van der Waals surface area (Å²) in [6.07, 6.45) is 3.80. The molecule has 2 amide bonds. The molecule has 0 spiro atoms. The smallest absolute Gasteiger partial charge is 0.317 e. The van der Waals surface area contributed by atoms with Crippen LogP contribution in [0, 0.1) is 5.82 Å². The zero-order valence-corrected chi connectivity index (χ0v) is 11.7. The number of carbonyl (C=O) groups excluding carboxylic acids is 1. The average Bonchev–Trinajstić information content (AvgIpc) is 2.89. The molecule has 0 atom stereocenters. The van der Waals surface area contributed by atoms with E-state index in [2.05, 4.69) is 5.32 Å². The summed E-state index contributed by atoms with van der Waals surface area (Å²) in [5.41, 5.74) is 0.538. The van der Waals surface area contributed by atoms with Crippen molar-refractivity contribution in [3.8, 4) is 0 Å². The van der Waals surface area contributed by atoms with E-state index in [0.29, 0.717) is 6.54 Å². The van der Waals surface area contributed by atoms with Crippen molar-refractivity contribution in [2.75, 3.05) is 20.2 Å². The second kappa shape index (κ2) is 6.22. The molecule has 20 heavy (non-hydrogen) atoms. The van der Waals surface area contributed by atoms with Gasteiger partial charge in [-0.15, -0.1) is 0 Å². The van der Waals surface area contributed by atoms with Crippen LogP contribution in [0.1, 0.15) is 31.2 Å². The van der Waals surface area contributed by atoms with Crippen molar-refractivity contribution in [3.63, 3.8) is 0 Å². The van der Waals surface area contributed by atoms with Gasteiger partial charge in [-0.3, -0.25) is 0 Å². The predicted molar refractivity (Wildman–Crippen MR) is 74.8 cm³/mol. The summed E-state index contributed by atoms with van der Waals surface area (Å²) in [6, 6.07) is 6.14. The lowest BCUT2D eigenvalue weighted by Crippen LogP contribution is -2.49. The van der Waals surface area contributed by atoms with Crippen LogP contribution in [-0.4, -0.2) is 36.2 Å². The monoisotopic (exact) mass is 280 g/mol. The van der Waals surface area contributed by atoms with Gasteiger partial charge >= 0.3 is 6.03 Å². The number of rotatable bonds is 4. The Bertz CT molecular complexity index is 455. The third-order valence-corrected chi connectivity index (χ3v) is 3.98. The molecule has 1 aliphatic carbocycles. The fraction of sp³-hybridized carbons (Fsp3) is 0.533. The first-order chi connectivity index (χ1) is 9.57. The van der Waals surface area contributed by atoms with E-state index in [-0.39, 0.29) is 18.5 Å². The standard InChI is InChI=1S/C15H21FN2O2/c1-18(10-11-19)14(20)17-15(8-2-3-9-15)12-4-6-13(16)7-5-12/h4-7,19H,2-3,8-11H2,1H3,(H,17,20). The molecule has 0 radical (unpaired) electrons. The molecule has 110 valence electrons. The van der Waals surface area contributed by atoms with Crippen LogP contribution in [0.2, 0.25) is 0 Å². The summed E-state index contributed by atoms with van der Waals surface area (Å²) in [7, 11) is 1.65. The summed E-state index contributed by atoms with van der Waals surface area (Å²) in [5, 5.41) is 12.0. The van der Waals surface area contributed by atoms with Crippen LogP contribution < -0.4 is 5.32 Å². The number of benzene rings is 1. The first-order valence-electron chi connectivity index (χ1n) is 6.97. The SMILES string of the molecule is CN(CCO)C(=O)NC1(c2ccc(F)cc2)CCCC1. The molecular formula is C15H21FN2O2. The van der Waals surface area contributed by atoms with Crippen molar-refractivity contribution in [1.29, 1.82) is 0 Å². The normalized spacial score (nSPS) is 16.9. The zero-order valence-electron chi connectivity index (χ0n) is 11.7. The second-order valence-corrected chi connectivity index (χ2v) is 5.37. The van der Waals surface area contributed by atoms with Gasteiger partial charge in [0.25, 0.3) is 0 Å². The number of carbonyl (C=O) groups is 1. The van der Waals surface area contributed by atoms with Crippen molar-refractivity contribution in [2.45, 2.75) is 31.2 Å². The molecule has 5 heteroatoms. The van der Waals surface area contributed by atoms with E-state index >= 15 is 0 Å². The van der Waals surface area contributed by atoms with E-state index in [4.69, 9.17) is 5.11 Å². The summed E-state index contributed by atoms with van der Waals surface area (Å²) < 4.78 is 13.1. The number of nitrogens with zero attached hydrogens (tertiary/aromatic N) is 1. The summed E-state index contributed by atoms with van der Waals surface area (Å²) in [5.74, 6) is -0.273. The highest BCUT2D eigenvalue weighted by Gasteiger charge is 2.37. The number of nitrogens with one attached hydrogen (secondary N) is 1. The van der Waals surface area contributed by atoms with Crippen LogP contribution in [0.4, 0.5) is 9.18 Å². The first kappa shape index (κ1) is 14.8. The minimum atomic E-state index is -0.408. The van der Waals surface area contributed by atoms with Gasteiger partial charge in [0.2, 0.25) is 0 Å². The Morgan fingerprint density at radius 1 is 1.35 bits per heavy atom. The lowest BCUT2D eigenvalue weighted by molar-refractivity contribution is 0.177. The fourth-order valence-electron chi connectivity index (χ4n) is 2.78. The predicted octanol–water partition coefficient (Wildman–Crippen LogP) is 2.23. The van der Waals surface area contributed by atoms with E-state index < -0.39 is 5.54 Å². The maximum Gasteiger partial charge on any atom is 0.317 e. The van der Waals surface area contributed by atoms with Crippen LogP contribution in [0.5, 0.6) is 0 Å². The molecule has 0 aliphatic heterocycles. The van der Waals surface area contributed by atoms with Crippen molar-refractivity contribution in [2.24, 2.45) is 0 Å². The lowest BCUT2D eigenvalue weighted by Gasteiger charge is -2.33. The molecule has 1 aliphatic rings. The van der Waals surface area contributed by atoms with Gasteiger partial charge in [-0.25, -0.2) is 9.18 Å². The highest BCUT2D eigenvalue weighted by molar-refractivity contribution is 5.75. The Hall–Kier alpha value is -1.62. The van der Waals surface area contributed by atoms with Gasteiger partial charge in [-0.05, 0) is 30.5 Å². The third-order valence-electron chi connectivity index (χ3n) is 3.98. The van der Waals surface area contributed by atoms with E-state index in [1.165, 1.54) is 17.0 Å². The number of hydrogen-bond donors (Lipinski definition) is 2. The first-order valence-corrected chi connectivity index (χ1v) is 6.97. The summed E-state index contributed by atoms with van der Waals surface area (Å²) >= 11 is 0. The van der Waals surface area contributed by atoms with E-state index in [9.17, 15) is 9.18 Å². The van der Waals surface area contributed by atoms with Crippen LogP contribution >= 0.6 is 0 Å². The molecule has 4 nitrogen and oxygen atoms in total. The number of amides is 2. The van der Waals surface area contributed by atoms with Gasteiger partial charge in [0.15, 0.2) is 0 Å². The molecule has 2 N–H and O–H groups in total. The Kier molecular flexibility index (Phi) is 4.60. The molecule has 0 heterocycles. The van der Waals surface area contributed by atoms with Gasteiger partial charge in [-0.2, -0.15) is 0 Å². The average molecular weight is 280 g/mol. The molecule has 0 unspecified atom stereocenters. The number of likely N-dealkylation sites (N-methyl/N-ethyl adjacent to an activating group) is 1. The van der Waals surface area contributed by atoms with Gasteiger partial charge < -0.3 is 15.3 Å². The van der Waals surface area contributed by atoms with Gasteiger partial charge in [0.1, 0.15) is 5.82 Å². The number of aliphatic hydroxyl groups excluding tert-OH is 1. The topological polar surface area (TPSA) is 52.6 Å². The van der Waals surface area contributed by atoms with E-state index in [1.807, 2.05) is 0 Å². The highest BCUT2D eigenvalue weighted by Crippen LogP contribution is 2.38. The van der Waals surface area contributed by atoms with Gasteiger partial charge in [-0.1, -0.05) is 25.0 Å². The lowest BCUT2D eigenvalue weighted by atomic mass is 9.88. The van der Waals surface area contributed by atoms with Crippen molar-refractivity contribution < 1.29 is 14.3 Å². The third kappa shape index (κ3) is 3.10. The number of urea groups is 1. The maximum atomic E-state index is 13.1.